The Morgan fingerprint density at radius 3 is 1.28 bits per heavy atom. The predicted octanol–water partition coefficient (Wildman–Crippen LogP) is 9.33. The average Bonchev–Trinajstić information content (AvgIpc) is 3.36. The van der Waals surface area contributed by atoms with Crippen LogP contribution in [0.1, 0.15) is 239 Å². The van der Waals surface area contributed by atoms with Crippen LogP contribution in [-0.2, 0) is 38.0 Å². The molecule has 0 aromatic rings. The van der Waals surface area contributed by atoms with E-state index in [1.165, 1.54) is 141 Å². The molecule has 71 heavy (non-hydrogen) atoms. The Morgan fingerprint density at radius 2 is 0.817 bits per heavy atom. The molecule has 0 spiro atoms. The van der Waals surface area contributed by atoms with Crippen LogP contribution in [0.5, 0.6) is 0 Å². The first-order valence-corrected chi connectivity index (χ1v) is 28.8. The monoisotopic (exact) mass is 1020 g/mol. The lowest BCUT2D eigenvalue weighted by molar-refractivity contribution is -0.332. The van der Waals surface area contributed by atoms with Crippen LogP contribution in [0.15, 0.2) is 12.2 Å². The van der Waals surface area contributed by atoms with Crippen LogP contribution in [-0.4, -0.2) is 142 Å². The third-order valence-corrected chi connectivity index (χ3v) is 14.0. The molecule has 0 amide bonds. The van der Waals surface area contributed by atoms with Crippen molar-refractivity contribution in [3.05, 3.63) is 12.2 Å². The number of carbonyl (C=O) groups is 2. The highest BCUT2D eigenvalue weighted by Crippen LogP contribution is 2.27. The van der Waals surface area contributed by atoms with Crippen LogP contribution in [0.2, 0.25) is 0 Å². The normalized spacial score (nSPS) is 25.2. The molecule has 2 saturated heterocycles. The molecule has 15 heteroatoms. The SMILES string of the molecule is CCCC/C=C\CCCCCCCC(=O)OC(COC(=O)CCCCCCCCCCCCCCCCCCCCCCCCCC)COC1OC(COC2OC(CO)C(O)C(O)C2O)C(O)C(O)C1O. The van der Waals surface area contributed by atoms with E-state index in [4.69, 9.17) is 28.4 Å². The second-order valence-electron chi connectivity index (χ2n) is 20.5. The first-order chi connectivity index (χ1) is 34.5. The largest absolute Gasteiger partial charge is 0.462 e. The first-order valence-electron chi connectivity index (χ1n) is 28.8. The van der Waals surface area contributed by atoms with E-state index in [1.807, 2.05) is 0 Å². The molecule has 0 radical (unpaired) electrons. The van der Waals surface area contributed by atoms with E-state index in [9.17, 15) is 45.3 Å². The highest BCUT2D eigenvalue weighted by Gasteiger charge is 2.47. The standard InChI is InChI=1S/C56H104O15/c1-3-5-7-9-11-13-15-16-17-18-19-20-21-22-23-24-25-26-27-29-30-32-34-36-38-47(58)66-41-44(69-48(59)39-37-35-33-31-28-14-12-10-8-6-4-2)42-67-55-54(65)52(63)50(61)46(71-55)43-68-56-53(64)51(62)49(60)45(40-57)70-56/h10,12,44-46,49-57,60-65H,3-9,11,13-43H2,1-2H3/b12-10-. The molecule has 0 aromatic heterocycles. The summed E-state index contributed by atoms with van der Waals surface area (Å²) in [6.45, 7) is 2.58. The van der Waals surface area contributed by atoms with Crippen molar-refractivity contribution in [2.75, 3.05) is 26.4 Å². The van der Waals surface area contributed by atoms with Gasteiger partial charge >= 0.3 is 11.9 Å². The molecule has 418 valence electrons. The number of aliphatic hydroxyl groups is 7. The molecule has 0 saturated carbocycles. The quantitative estimate of drug-likeness (QED) is 0.0171. The van der Waals surface area contributed by atoms with Gasteiger partial charge in [-0.3, -0.25) is 9.59 Å². The minimum atomic E-state index is -1.76. The van der Waals surface area contributed by atoms with Crippen molar-refractivity contribution >= 4 is 11.9 Å². The Hall–Kier alpha value is -1.76. The third-order valence-electron chi connectivity index (χ3n) is 14.0. The van der Waals surface area contributed by atoms with Crippen molar-refractivity contribution in [1.82, 2.24) is 0 Å². The van der Waals surface area contributed by atoms with Crippen LogP contribution in [0, 0.1) is 0 Å². The minimum absolute atomic E-state index is 0.158. The smallest absolute Gasteiger partial charge is 0.306 e. The molecule has 2 aliphatic heterocycles. The van der Waals surface area contributed by atoms with E-state index in [0.29, 0.717) is 12.8 Å². The molecule has 2 rings (SSSR count). The van der Waals surface area contributed by atoms with Crippen molar-refractivity contribution in [1.29, 1.82) is 0 Å². The molecule has 2 heterocycles. The Kier molecular flexibility index (Phi) is 40.0. The summed E-state index contributed by atoms with van der Waals surface area (Å²) in [5, 5.41) is 72.1. The molecule has 2 aliphatic rings. The van der Waals surface area contributed by atoms with Crippen molar-refractivity contribution in [2.24, 2.45) is 0 Å². The number of esters is 2. The summed E-state index contributed by atoms with van der Waals surface area (Å²) in [6.07, 6.45) is 28.3. The van der Waals surface area contributed by atoms with Crippen LogP contribution in [0.3, 0.4) is 0 Å². The number of hydrogen-bond acceptors (Lipinski definition) is 15. The average molecular weight is 1020 g/mol. The van der Waals surface area contributed by atoms with Gasteiger partial charge in [-0.25, -0.2) is 0 Å². The Morgan fingerprint density at radius 1 is 0.437 bits per heavy atom. The molecule has 0 bridgehead atoms. The highest BCUT2D eigenvalue weighted by atomic mass is 16.7. The van der Waals surface area contributed by atoms with E-state index >= 15 is 0 Å². The zero-order chi connectivity index (χ0) is 51.7. The van der Waals surface area contributed by atoms with Gasteiger partial charge in [-0.05, 0) is 32.1 Å². The first kappa shape index (κ1) is 65.4. The van der Waals surface area contributed by atoms with Crippen LogP contribution in [0.4, 0.5) is 0 Å². The van der Waals surface area contributed by atoms with Gasteiger partial charge in [0, 0.05) is 12.8 Å². The van der Waals surface area contributed by atoms with E-state index in [0.717, 1.165) is 57.8 Å². The number of unbranched alkanes of at least 4 members (excludes halogenated alkanes) is 30. The van der Waals surface area contributed by atoms with Gasteiger partial charge in [0.25, 0.3) is 0 Å². The topological polar surface area (TPSA) is 231 Å². The zero-order valence-electron chi connectivity index (χ0n) is 44.5. The summed E-state index contributed by atoms with van der Waals surface area (Å²) in [5.74, 6) is -0.923. The van der Waals surface area contributed by atoms with Crippen molar-refractivity contribution in [3.63, 3.8) is 0 Å². The van der Waals surface area contributed by atoms with Gasteiger partial charge in [-0.15, -0.1) is 0 Å². The second-order valence-corrected chi connectivity index (χ2v) is 20.5. The molecule has 0 aromatic carbocycles. The molecular formula is C56H104O15. The summed E-state index contributed by atoms with van der Waals surface area (Å²) in [5.41, 5.74) is 0. The van der Waals surface area contributed by atoms with Crippen molar-refractivity contribution in [2.45, 2.75) is 306 Å². The zero-order valence-corrected chi connectivity index (χ0v) is 44.5. The minimum Gasteiger partial charge on any atom is -0.462 e. The molecular weight excluding hydrogens is 913 g/mol. The van der Waals surface area contributed by atoms with Crippen LogP contribution >= 0.6 is 0 Å². The van der Waals surface area contributed by atoms with Gasteiger partial charge in [0.1, 0.15) is 55.4 Å². The number of aliphatic hydroxyl groups excluding tert-OH is 7. The van der Waals surface area contributed by atoms with E-state index < -0.39 is 92.7 Å². The van der Waals surface area contributed by atoms with E-state index in [-0.39, 0.29) is 26.1 Å². The van der Waals surface area contributed by atoms with Crippen LogP contribution < -0.4 is 0 Å². The maximum Gasteiger partial charge on any atom is 0.306 e. The molecule has 15 nitrogen and oxygen atoms in total. The molecule has 11 atom stereocenters. The lowest BCUT2D eigenvalue weighted by atomic mass is 9.98. The summed E-state index contributed by atoms with van der Waals surface area (Å²) in [6, 6.07) is 0. The summed E-state index contributed by atoms with van der Waals surface area (Å²) >= 11 is 0. The Balaban J connectivity index is 1.69. The molecule has 11 unspecified atom stereocenters. The maximum absolute atomic E-state index is 13.0. The molecule has 7 N–H and O–H groups in total. The highest BCUT2D eigenvalue weighted by molar-refractivity contribution is 5.70. The number of hydrogen-bond donors (Lipinski definition) is 7. The lowest BCUT2D eigenvalue weighted by Crippen LogP contribution is -2.61. The maximum atomic E-state index is 13.0. The summed E-state index contributed by atoms with van der Waals surface area (Å²) in [4.78, 5) is 25.8. The Bertz CT molecular complexity index is 1290. The van der Waals surface area contributed by atoms with Gasteiger partial charge in [-0.2, -0.15) is 0 Å². The summed E-state index contributed by atoms with van der Waals surface area (Å²) < 4.78 is 33.6. The number of ether oxygens (including phenoxy) is 6. The van der Waals surface area contributed by atoms with Gasteiger partial charge in [0.05, 0.1) is 19.8 Å². The molecule has 2 fully saturated rings. The van der Waals surface area contributed by atoms with Crippen LogP contribution in [0.25, 0.3) is 0 Å². The number of carbonyl (C=O) groups excluding carboxylic acids is 2. The van der Waals surface area contributed by atoms with Crippen molar-refractivity contribution < 1.29 is 73.8 Å². The van der Waals surface area contributed by atoms with Gasteiger partial charge in [0.2, 0.25) is 0 Å². The fourth-order valence-corrected chi connectivity index (χ4v) is 9.26. The van der Waals surface area contributed by atoms with E-state index in [2.05, 4.69) is 26.0 Å². The molecule has 0 aliphatic carbocycles. The van der Waals surface area contributed by atoms with Gasteiger partial charge in [-0.1, -0.05) is 206 Å². The van der Waals surface area contributed by atoms with Gasteiger partial charge in [0.15, 0.2) is 18.7 Å². The predicted molar refractivity (Wildman–Crippen MR) is 275 cm³/mol. The number of rotatable bonds is 46. The third kappa shape index (κ3) is 31.0. The fourth-order valence-electron chi connectivity index (χ4n) is 9.26. The number of allylic oxidation sites excluding steroid dienone is 2. The second kappa shape index (κ2) is 43.5. The Labute approximate surface area is 429 Å². The van der Waals surface area contributed by atoms with Crippen molar-refractivity contribution in [3.8, 4) is 0 Å². The summed E-state index contributed by atoms with van der Waals surface area (Å²) in [7, 11) is 0. The fraction of sp³-hybridized carbons (Fsp3) is 0.929. The van der Waals surface area contributed by atoms with E-state index in [1.54, 1.807) is 0 Å². The van der Waals surface area contributed by atoms with Gasteiger partial charge < -0.3 is 64.2 Å². The lowest BCUT2D eigenvalue weighted by Gasteiger charge is -2.42.